The van der Waals surface area contributed by atoms with Gasteiger partial charge >= 0.3 is 5.97 Å². The maximum Gasteiger partial charge on any atom is 0.303 e. The first-order valence-corrected chi connectivity index (χ1v) is 7.64. The van der Waals surface area contributed by atoms with E-state index in [-0.39, 0.29) is 11.8 Å². The van der Waals surface area contributed by atoms with E-state index in [1.165, 1.54) is 16.8 Å². The van der Waals surface area contributed by atoms with Crippen LogP contribution in [0.1, 0.15) is 50.7 Å². The van der Waals surface area contributed by atoms with Crippen molar-refractivity contribution >= 4 is 11.7 Å². The van der Waals surface area contributed by atoms with Crippen molar-refractivity contribution in [1.82, 2.24) is 0 Å². The average Bonchev–Trinajstić information content (AvgIpc) is 2.59. The number of fused-ring (bicyclic) bond motifs is 1. The Bertz CT molecular complexity index is 560. The summed E-state index contributed by atoms with van der Waals surface area (Å²) in [6.45, 7) is 11.8. The lowest BCUT2D eigenvalue weighted by Crippen LogP contribution is -2.26. The smallest absolute Gasteiger partial charge is 0.303 e. The van der Waals surface area contributed by atoms with Crippen molar-refractivity contribution in [2.45, 2.75) is 51.9 Å². The number of aliphatic carboxylic acids is 1. The van der Waals surface area contributed by atoms with E-state index in [0.717, 1.165) is 31.5 Å². The summed E-state index contributed by atoms with van der Waals surface area (Å²) in [6.07, 6.45) is 2.95. The zero-order valence-electron chi connectivity index (χ0n) is 13.3. The molecule has 3 nitrogen and oxygen atoms in total. The van der Waals surface area contributed by atoms with Gasteiger partial charge in [0.1, 0.15) is 0 Å². The minimum atomic E-state index is -0.706. The lowest BCUT2D eigenvalue weighted by Gasteiger charge is -2.25. The second kappa shape index (κ2) is 5.92. The average molecular weight is 287 g/mol. The molecule has 1 N–H and O–H groups in total. The predicted octanol–water partition coefficient (Wildman–Crippen LogP) is 4.25. The first-order valence-electron chi connectivity index (χ1n) is 7.64. The number of nitrogens with zero attached hydrogens (tertiary/aromatic N) is 1. The number of unbranched alkanes of at least 4 members (excludes halogenated alkanes) is 2. The molecule has 21 heavy (non-hydrogen) atoms. The second-order valence-corrected chi connectivity index (χ2v) is 6.45. The zero-order valence-corrected chi connectivity index (χ0v) is 13.3. The molecule has 114 valence electrons. The first-order chi connectivity index (χ1) is 9.84. The molecule has 0 bridgehead atoms. The van der Waals surface area contributed by atoms with Gasteiger partial charge in [-0.25, -0.2) is 0 Å². The summed E-state index contributed by atoms with van der Waals surface area (Å²) in [5.41, 5.74) is 4.99. The molecule has 1 aliphatic heterocycles. The van der Waals surface area contributed by atoms with E-state index in [1.807, 2.05) is 0 Å². The third-order valence-electron chi connectivity index (χ3n) is 4.44. The number of benzene rings is 1. The largest absolute Gasteiger partial charge is 0.481 e. The number of carbonyl (C=O) groups is 1. The summed E-state index contributed by atoms with van der Waals surface area (Å²) >= 11 is 0. The molecule has 0 fully saturated rings. The van der Waals surface area contributed by atoms with Crippen molar-refractivity contribution in [1.29, 1.82) is 0 Å². The monoisotopic (exact) mass is 287 g/mol. The second-order valence-electron chi connectivity index (χ2n) is 6.45. The molecule has 1 aromatic rings. The number of carboxylic acids is 1. The Morgan fingerprint density at radius 1 is 1.29 bits per heavy atom. The van der Waals surface area contributed by atoms with E-state index < -0.39 is 5.97 Å². The van der Waals surface area contributed by atoms with Crippen LogP contribution in [-0.4, -0.2) is 17.6 Å². The van der Waals surface area contributed by atoms with Gasteiger partial charge in [-0.15, -0.1) is 0 Å². The molecule has 0 saturated heterocycles. The van der Waals surface area contributed by atoms with Crippen molar-refractivity contribution < 1.29 is 9.90 Å². The maximum absolute atomic E-state index is 10.5. The fraction of sp³-hybridized carbons (Fsp3) is 0.500. The molecule has 3 heteroatoms. The molecule has 0 saturated carbocycles. The Hall–Kier alpha value is -1.77. The van der Waals surface area contributed by atoms with Crippen molar-refractivity contribution in [2.75, 3.05) is 11.4 Å². The van der Waals surface area contributed by atoms with Gasteiger partial charge in [-0.1, -0.05) is 44.5 Å². The van der Waals surface area contributed by atoms with Gasteiger partial charge in [0.05, 0.1) is 0 Å². The normalized spacial score (nSPS) is 16.1. The minimum absolute atomic E-state index is 0.0254. The SMILES string of the molecule is C=C1N(CCCCCC(=O)O)c2ccc(C)cc2C1(C)C. The molecule has 0 spiro atoms. The third kappa shape index (κ3) is 3.12. The minimum Gasteiger partial charge on any atom is -0.481 e. The van der Waals surface area contributed by atoms with Gasteiger partial charge in [-0.05, 0) is 31.4 Å². The number of carboxylic acid groups (broad SMARTS) is 1. The van der Waals surface area contributed by atoms with E-state index in [1.54, 1.807) is 0 Å². The topological polar surface area (TPSA) is 40.5 Å². The standard InChI is InChI=1S/C18H25NO2/c1-13-9-10-16-15(12-13)18(3,4)14(2)19(16)11-7-5-6-8-17(20)21/h9-10,12H,2,5-8,11H2,1,3-4H3,(H,20,21). The van der Waals surface area contributed by atoms with Gasteiger partial charge in [0, 0.05) is 29.8 Å². The van der Waals surface area contributed by atoms with Crippen molar-refractivity contribution in [3.05, 3.63) is 41.6 Å². The van der Waals surface area contributed by atoms with Crippen LogP contribution in [0.2, 0.25) is 0 Å². The van der Waals surface area contributed by atoms with Crippen molar-refractivity contribution in [3.63, 3.8) is 0 Å². The number of allylic oxidation sites excluding steroid dienone is 1. The molecule has 1 heterocycles. The highest BCUT2D eigenvalue weighted by Crippen LogP contribution is 2.47. The lowest BCUT2D eigenvalue weighted by molar-refractivity contribution is -0.137. The van der Waals surface area contributed by atoms with E-state index in [2.05, 4.69) is 50.4 Å². The van der Waals surface area contributed by atoms with Gasteiger partial charge in [0.15, 0.2) is 0 Å². The number of hydrogen-bond donors (Lipinski definition) is 1. The molecule has 0 atom stereocenters. The van der Waals surface area contributed by atoms with Gasteiger partial charge in [0.25, 0.3) is 0 Å². The van der Waals surface area contributed by atoms with E-state index >= 15 is 0 Å². The molecule has 0 aromatic heterocycles. The Balaban J connectivity index is 2.05. The zero-order chi connectivity index (χ0) is 15.6. The Morgan fingerprint density at radius 3 is 2.67 bits per heavy atom. The molecule has 0 amide bonds. The molecule has 0 radical (unpaired) electrons. The van der Waals surface area contributed by atoms with E-state index in [4.69, 9.17) is 5.11 Å². The summed E-state index contributed by atoms with van der Waals surface area (Å²) in [4.78, 5) is 12.8. The highest BCUT2D eigenvalue weighted by atomic mass is 16.4. The lowest BCUT2D eigenvalue weighted by atomic mass is 9.84. The predicted molar refractivity (Wildman–Crippen MR) is 86.8 cm³/mol. The number of anilines is 1. The fourth-order valence-corrected chi connectivity index (χ4v) is 3.00. The first kappa shape index (κ1) is 15.6. The summed E-state index contributed by atoms with van der Waals surface area (Å²) in [7, 11) is 0. The molecular formula is C18H25NO2. The molecule has 1 aromatic carbocycles. The molecule has 1 aliphatic rings. The summed E-state index contributed by atoms with van der Waals surface area (Å²) in [5.74, 6) is -0.706. The van der Waals surface area contributed by atoms with E-state index in [9.17, 15) is 4.79 Å². The Morgan fingerprint density at radius 2 is 2.00 bits per heavy atom. The van der Waals surface area contributed by atoms with Crippen LogP contribution in [0.3, 0.4) is 0 Å². The third-order valence-corrected chi connectivity index (χ3v) is 4.44. The Kier molecular flexibility index (Phi) is 4.40. The van der Waals surface area contributed by atoms with Crippen LogP contribution in [0, 0.1) is 6.92 Å². The maximum atomic E-state index is 10.5. The number of aryl methyl sites for hydroxylation is 1. The van der Waals surface area contributed by atoms with Crippen LogP contribution in [0.4, 0.5) is 5.69 Å². The summed E-state index contributed by atoms with van der Waals surface area (Å²) in [5, 5.41) is 8.67. The molecule has 0 aliphatic carbocycles. The van der Waals surface area contributed by atoms with Crippen LogP contribution < -0.4 is 4.90 Å². The highest BCUT2D eigenvalue weighted by Gasteiger charge is 2.38. The molecule has 0 unspecified atom stereocenters. The fourth-order valence-electron chi connectivity index (χ4n) is 3.00. The van der Waals surface area contributed by atoms with E-state index in [0.29, 0.717) is 0 Å². The van der Waals surface area contributed by atoms with Crippen molar-refractivity contribution in [2.24, 2.45) is 0 Å². The van der Waals surface area contributed by atoms with Crippen LogP contribution in [0.25, 0.3) is 0 Å². The molecular weight excluding hydrogens is 262 g/mol. The molecule has 2 rings (SSSR count). The van der Waals surface area contributed by atoms with Crippen LogP contribution in [-0.2, 0) is 10.2 Å². The summed E-state index contributed by atoms with van der Waals surface area (Å²) < 4.78 is 0. The van der Waals surface area contributed by atoms with Crippen LogP contribution in [0.15, 0.2) is 30.5 Å². The summed E-state index contributed by atoms with van der Waals surface area (Å²) in [6, 6.07) is 6.58. The van der Waals surface area contributed by atoms with Crippen LogP contribution in [0.5, 0.6) is 0 Å². The number of rotatable bonds is 6. The van der Waals surface area contributed by atoms with Gasteiger partial charge in [-0.3, -0.25) is 4.79 Å². The van der Waals surface area contributed by atoms with Crippen molar-refractivity contribution in [3.8, 4) is 0 Å². The Labute approximate surface area is 127 Å². The quantitative estimate of drug-likeness (QED) is 0.795. The number of hydrogen-bond acceptors (Lipinski definition) is 2. The highest BCUT2D eigenvalue weighted by molar-refractivity contribution is 5.70. The van der Waals surface area contributed by atoms with Gasteiger partial charge < -0.3 is 10.0 Å². The van der Waals surface area contributed by atoms with Gasteiger partial charge in [-0.2, -0.15) is 0 Å². The van der Waals surface area contributed by atoms with Crippen LogP contribution >= 0.6 is 0 Å². The van der Waals surface area contributed by atoms with Gasteiger partial charge in [0.2, 0.25) is 0 Å².